The number of nitrogens with one attached hydrogen (secondary N) is 1. The maximum atomic E-state index is 12.0. The summed E-state index contributed by atoms with van der Waals surface area (Å²) in [4.78, 5) is 16.1. The molecule has 1 aromatic heterocycles. The van der Waals surface area contributed by atoms with E-state index in [0.29, 0.717) is 16.7 Å². The molecule has 0 radical (unpaired) electrons. The molecule has 1 amide bonds. The molecule has 0 spiro atoms. The van der Waals surface area contributed by atoms with Gasteiger partial charge >= 0.3 is 0 Å². The Morgan fingerprint density at radius 1 is 1.21 bits per heavy atom. The molecule has 0 atom stereocenters. The Labute approximate surface area is 121 Å². The van der Waals surface area contributed by atoms with E-state index in [1.54, 1.807) is 12.3 Å². The first-order valence-corrected chi connectivity index (χ1v) is 6.97. The lowest BCUT2D eigenvalue weighted by atomic mass is 10.1. The number of halogens is 1. The van der Waals surface area contributed by atoms with Crippen LogP contribution in [-0.2, 0) is 13.0 Å². The van der Waals surface area contributed by atoms with Gasteiger partial charge in [-0.15, -0.1) is 0 Å². The number of aryl methyl sites for hydroxylation is 1. The second kappa shape index (κ2) is 6.48. The summed E-state index contributed by atoms with van der Waals surface area (Å²) in [6, 6.07) is 11.7. The van der Waals surface area contributed by atoms with E-state index in [9.17, 15) is 4.79 Å². The fraction of sp³-hybridized carbons (Fsp3) is 0.200. The van der Waals surface area contributed by atoms with Crippen molar-refractivity contribution in [2.75, 3.05) is 0 Å². The molecule has 4 heteroatoms. The number of hydrogen-bond donors (Lipinski definition) is 1. The Bertz CT molecular complexity index is 584. The molecule has 1 aromatic carbocycles. The third kappa shape index (κ3) is 3.41. The van der Waals surface area contributed by atoms with Gasteiger partial charge in [0.15, 0.2) is 0 Å². The highest BCUT2D eigenvalue weighted by Crippen LogP contribution is 2.14. The molecule has 1 N–H and O–H groups in total. The van der Waals surface area contributed by atoms with Crippen molar-refractivity contribution in [3.05, 3.63) is 63.9 Å². The molecule has 19 heavy (non-hydrogen) atoms. The lowest BCUT2D eigenvalue weighted by Gasteiger charge is -2.09. The van der Waals surface area contributed by atoms with Crippen molar-refractivity contribution < 1.29 is 4.79 Å². The highest BCUT2D eigenvalue weighted by Gasteiger charge is 2.11. The van der Waals surface area contributed by atoms with E-state index in [1.807, 2.05) is 24.3 Å². The molecule has 0 aliphatic heterocycles. The monoisotopic (exact) mass is 318 g/mol. The topological polar surface area (TPSA) is 42.0 Å². The molecule has 0 saturated heterocycles. The van der Waals surface area contributed by atoms with Crippen LogP contribution in [-0.4, -0.2) is 10.9 Å². The van der Waals surface area contributed by atoms with Gasteiger partial charge in [0.2, 0.25) is 0 Å². The third-order valence-corrected chi connectivity index (χ3v) is 3.55. The van der Waals surface area contributed by atoms with Gasteiger partial charge in [-0.25, -0.2) is 4.98 Å². The molecule has 0 unspecified atom stereocenters. The van der Waals surface area contributed by atoms with Crippen LogP contribution in [0.3, 0.4) is 0 Å². The summed E-state index contributed by atoms with van der Waals surface area (Å²) in [5.74, 6) is -0.168. The van der Waals surface area contributed by atoms with E-state index in [2.05, 4.69) is 39.2 Å². The lowest BCUT2D eigenvalue weighted by Crippen LogP contribution is -2.24. The van der Waals surface area contributed by atoms with E-state index < -0.39 is 0 Å². The van der Waals surface area contributed by atoms with Crippen LogP contribution < -0.4 is 5.32 Å². The maximum absolute atomic E-state index is 12.0. The normalized spacial score (nSPS) is 10.2. The van der Waals surface area contributed by atoms with Gasteiger partial charge in [-0.2, -0.15) is 0 Å². The lowest BCUT2D eigenvalue weighted by molar-refractivity contribution is 0.0945. The van der Waals surface area contributed by atoms with Gasteiger partial charge in [-0.1, -0.05) is 31.2 Å². The van der Waals surface area contributed by atoms with Crippen LogP contribution >= 0.6 is 15.9 Å². The SMILES string of the molecule is CCc1ccccc1CNC(=O)c1ncccc1Br. The van der Waals surface area contributed by atoms with Crippen LogP contribution in [0.25, 0.3) is 0 Å². The van der Waals surface area contributed by atoms with Crippen molar-refractivity contribution >= 4 is 21.8 Å². The number of nitrogens with zero attached hydrogens (tertiary/aromatic N) is 1. The molecule has 0 aliphatic rings. The number of amides is 1. The summed E-state index contributed by atoms with van der Waals surface area (Å²) in [6.45, 7) is 2.63. The van der Waals surface area contributed by atoms with Gasteiger partial charge in [-0.05, 0) is 45.6 Å². The van der Waals surface area contributed by atoms with Crippen molar-refractivity contribution in [1.82, 2.24) is 10.3 Å². The van der Waals surface area contributed by atoms with Crippen LogP contribution in [0.15, 0.2) is 47.1 Å². The number of pyridine rings is 1. The van der Waals surface area contributed by atoms with Gasteiger partial charge in [-0.3, -0.25) is 4.79 Å². The molecule has 0 aliphatic carbocycles. The molecule has 2 rings (SSSR count). The third-order valence-electron chi connectivity index (χ3n) is 2.91. The van der Waals surface area contributed by atoms with Crippen LogP contribution in [0, 0.1) is 0 Å². The predicted molar refractivity (Wildman–Crippen MR) is 78.9 cm³/mol. The van der Waals surface area contributed by atoms with E-state index in [4.69, 9.17) is 0 Å². The quantitative estimate of drug-likeness (QED) is 0.939. The van der Waals surface area contributed by atoms with Crippen LogP contribution in [0.4, 0.5) is 0 Å². The molecule has 0 saturated carbocycles. The molecule has 2 aromatic rings. The molecule has 98 valence electrons. The smallest absolute Gasteiger partial charge is 0.271 e. The molecule has 0 fully saturated rings. The zero-order chi connectivity index (χ0) is 13.7. The van der Waals surface area contributed by atoms with Crippen molar-refractivity contribution in [3.63, 3.8) is 0 Å². The predicted octanol–water partition coefficient (Wildman–Crippen LogP) is 3.34. The summed E-state index contributed by atoms with van der Waals surface area (Å²) >= 11 is 3.33. The second-order valence-electron chi connectivity index (χ2n) is 4.14. The highest BCUT2D eigenvalue weighted by molar-refractivity contribution is 9.10. The number of benzene rings is 1. The van der Waals surface area contributed by atoms with E-state index >= 15 is 0 Å². The van der Waals surface area contributed by atoms with Gasteiger partial charge in [0, 0.05) is 17.2 Å². The average Bonchev–Trinajstić information content (AvgIpc) is 2.45. The second-order valence-corrected chi connectivity index (χ2v) is 4.99. The summed E-state index contributed by atoms with van der Waals surface area (Å²) in [5, 5.41) is 2.90. The van der Waals surface area contributed by atoms with E-state index in [-0.39, 0.29) is 5.91 Å². The van der Waals surface area contributed by atoms with Crippen LogP contribution in [0.2, 0.25) is 0 Å². The Kier molecular flexibility index (Phi) is 4.68. The van der Waals surface area contributed by atoms with Gasteiger partial charge in [0.25, 0.3) is 5.91 Å². The van der Waals surface area contributed by atoms with Crippen molar-refractivity contribution in [1.29, 1.82) is 0 Å². The zero-order valence-corrected chi connectivity index (χ0v) is 12.3. The number of carbonyl (C=O) groups excluding carboxylic acids is 1. The molecule has 0 bridgehead atoms. The minimum Gasteiger partial charge on any atom is -0.347 e. The zero-order valence-electron chi connectivity index (χ0n) is 10.7. The molecular formula is C15H15BrN2O. The summed E-state index contributed by atoms with van der Waals surface area (Å²) in [6.07, 6.45) is 2.57. The molecular weight excluding hydrogens is 304 g/mol. The van der Waals surface area contributed by atoms with E-state index in [0.717, 1.165) is 12.0 Å². The first-order valence-electron chi connectivity index (χ1n) is 6.18. The number of aromatic nitrogens is 1. The Morgan fingerprint density at radius 3 is 2.63 bits per heavy atom. The number of carbonyl (C=O) groups is 1. The largest absolute Gasteiger partial charge is 0.347 e. The fourth-order valence-electron chi connectivity index (χ4n) is 1.89. The number of rotatable bonds is 4. The summed E-state index contributed by atoms with van der Waals surface area (Å²) in [7, 11) is 0. The Balaban J connectivity index is 2.07. The molecule has 1 heterocycles. The van der Waals surface area contributed by atoms with Crippen LogP contribution in [0.5, 0.6) is 0 Å². The summed E-state index contributed by atoms with van der Waals surface area (Å²) in [5.41, 5.74) is 2.81. The highest BCUT2D eigenvalue weighted by atomic mass is 79.9. The van der Waals surface area contributed by atoms with Gasteiger partial charge in [0.1, 0.15) is 5.69 Å². The van der Waals surface area contributed by atoms with Gasteiger partial charge < -0.3 is 5.32 Å². The first kappa shape index (κ1) is 13.7. The Hall–Kier alpha value is -1.68. The van der Waals surface area contributed by atoms with Crippen molar-refractivity contribution in [2.45, 2.75) is 19.9 Å². The average molecular weight is 319 g/mol. The van der Waals surface area contributed by atoms with Crippen LogP contribution in [0.1, 0.15) is 28.5 Å². The minimum absolute atomic E-state index is 0.168. The van der Waals surface area contributed by atoms with Crippen molar-refractivity contribution in [3.8, 4) is 0 Å². The fourth-order valence-corrected chi connectivity index (χ4v) is 2.32. The standard InChI is InChI=1S/C15H15BrN2O/c1-2-11-6-3-4-7-12(11)10-18-15(19)14-13(16)8-5-9-17-14/h3-9H,2,10H2,1H3,(H,18,19). The first-order chi connectivity index (χ1) is 9.22. The number of hydrogen-bond acceptors (Lipinski definition) is 2. The minimum atomic E-state index is -0.168. The van der Waals surface area contributed by atoms with E-state index in [1.165, 1.54) is 5.56 Å². The van der Waals surface area contributed by atoms with Gasteiger partial charge in [0.05, 0.1) is 0 Å². The molecule has 3 nitrogen and oxygen atoms in total. The summed E-state index contributed by atoms with van der Waals surface area (Å²) < 4.78 is 0.705. The maximum Gasteiger partial charge on any atom is 0.271 e. The van der Waals surface area contributed by atoms with Crippen molar-refractivity contribution in [2.24, 2.45) is 0 Å². The Morgan fingerprint density at radius 2 is 1.95 bits per heavy atom.